The van der Waals surface area contributed by atoms with Crippen LogP contribution < -0.4 is 10.6 Å². The maximum atomic E-state index is 13.3. The number of carbonyl (C=O) groups is 4. The van der Waals surface area contributed by atoms with Gasteiger partial charge in [-0.05, 0) is 54.0 Å². The number of fused-ring (bicyclic) bond motifs is 1. The van der Waals surface area contributed by atoms with E-state index in [1.54, 1.807) is 11.8 Å². The van der Waals surface area contributed by atoms with E-state index in [1.165, 1.54) is 7.11 Å². The number of carbonyl (C=O) groups excluding carboxylic acids is 4. The Morgan fingerprint density at radius 1 is 1.18 bits per heavy atom. The summed E-state index contributed by atoms with van der Waals surface area (Å²) in [4.78, 5) is 54.4. The van der Waals surface area contributed by atoms with Crippen LogP contribution in [0.25, 0.3) is 10.8 Å². The number of amides is 3. The molecule has 2 aliphatic rings. The molecular weight excluding hydrogens is 516 g/mol. The van der Waals surface area contributed by atoms with Crippen molar-refractivity contribution in [1.82, 2.24) is 20.4 Å². The average Bonchev–Trinajstić information content (AvgIpc) is 3.59. The van der Waals surface area contributed by atoms with E-state index in [-0.39, 0.29) is 30.3 Å². The lowest BCUT2D eigenvalue weighted by atomic mass is 10.0. The molecule has 2 heterocycles. The van der Waals surface area contributed by atoms with Crippen molar-refractivity contribution in [3.63, 3.8) is 0 Å². The predicted octanol–water partition coefficient (Wildman–Crippen LogP) is 2.32. The van der Waals surface area contributed by atoms with Crippen molar-refractivity contribution in [2.45, 2.75) is 56.8 Å². The Morgan fingerprint density at radius 3 is 2.72 bits per heavy atom. The van der Waals surface area contributed by atoms with Crippen LogP contribution in [0.15, 0.2) is 42.5 Å². The average molecular weight is 555 g/mol. The Kier molecular flexibility index (Phi) is 10.2. The molecule has 2 aromatic carbocycles. The third-order valence-electron chi connectivity index (χ3n) is 7.50. The van der Waals surface area contributed by atoms with Gasteiger partial charge >= 0.3 is 5.97 Å². The number of hydrogen-bond donors (Lipinski definition) is 2. The Hall–Kier alpha value is -3.11. The van der Waals surface area contributed by atoms with Crippen molar-refractivity contribution in [3.05, 3.63) is 48.0 Å². The zero-order chi connectivity index (χ0) is 27.8. The first-order chi connectivity index (χ1) is 18.9. The number of esters is 1. The second-order valence-corrected chi connectivity index (χ2v) is 11.2. The van der Waals surface area contributed by atoms with Crippen molar-refractivity contribution in [3.8, 4) is 0 Å². The number of nitrogens with zero attached hydrogens (tertiary/aromatic N) is 2. The molecule has 2 aliphatic heterocycles. The standard InChI is InChI=1S/C29H38N4O5S/c1-38-29(37)25(14-16-39-2)31-27(35)19-32(17-21-9-5-8-20-7-3-4-11-23(20)21)18-22-10-6-15-33(22)28(36)24-12-13-26(34)30-24/h3-5,7-9,11,22,24-25H,6,10,12-19H2,1-2H3,(H,30,34)(H,31,35)/t22?,24-,25-/m0/s1. The van der Waals surface area contributed by atoms with E-state index in [1.807, 2.05) is 29.4 Å². The lowest BCUT2D eigenvalue weighted by Gasteiger charge is -2.32. The third kappa shape index (κ3) is 7.51. The summed E-state index contributed by atoms with van der Waals surface area (Å²) in [5, 5.41) is 7.90. The van der Waals surface area contributed by atoms with E-state index in [9.17, 15) is 19.2 Å². The first kappa shape index (κ1) is 28.9. The molecule has 10 heteroatoms. The molecule has 2 N–H and O–H groups in total. The van der Waals surface area contributed by atoms with Gasteiger partial charge in [-0.25, -0.2) is 4.79 Å². The minimum Gasteiger partial charge on any atom is -0.467 e. The van der Waals surface area contributed by atoms with Gasteiger partial charge in [0.05, 0.1) is 13.7 Å². The molecule has 4 rings (SSSR count). The summed E-state index contributed by atoms with van der Waals surface area (Å²) in [6, 6.07) is 13.1. The Balaban J connectivity index is 1.52. The summed E-state index contributed by atoms with van der Waals surface area (Å²) in [5.74, 6) is -0.119. The lowest BCUT2D eigenvalue weighted by Crippen LogP contribution is -2.51. The van der Waals surface area contributed by atoms with E-state index in [0.717, 1.165) is 34.9 Å². The van der Waals surface area contributed by atoms with E-state index >= 15 is 0 Å². The van der Waals surface area contributed by atoms with Crippen LogP contribution in [-0.2, 0) is 30.5 Å². The molecule has 2 saturated heterocycles. The summed E-state index contributed by atoms with van der Waals surface area (Å²) >= 11 is 1.60. The van der Waals surface area contributed by atoms with Gasteiger partial charge in [-0.15, -0.1) is 0 Å². The molecule has 3 amide bonds. The molecule has 0 saturated carbocycles. The highest BCUT2D eigenvalue weighted by Gasteiger charge is 2.37. The Morgan fingerprint density at radius 2 is 1.97 bits per heavy atom. The van der Waals surface area contributed by atoms with Crippen LogP contribution in [0.5, 0.6) is 0 Å². The quantitative estimate of drug-likeness (QED) is 0.388. The van der Waals surface area contributed by atoms with Gasteiger partial charge in [-0.2, -0.15) is 11.8 Å². The first-order valence-electron chi connectivity index (χ1n) is 13.5. The number of likely N-dealkylation sites (tertiary alicyclic amines) is 1. The van der Waals surface area contributed by atoms with Crippen LogP contribution >= 0.6 is 11.8 Å². The molecule has 0 bridgehead atoms. The fourth-order valence-electron chi connectivity index (χ4n) is 5.54. The summed E-state index contributed by atoms with van der Waals surface area (Å²) in [5.41, 5.74) is 1.09. The van der Waals surface area contributed by atoms with Crippen LogP contribution in [0.4, 0.5) is 0 Å². The fraction of sp³-hybridized carbons (Fsp3) is 0.517. The number of hydrogen-bond acceptors (Lipinski definition) is 7. The molecule has 39 heavy (non-hydrogen) atoms. The number of ether oxygens (including phenoxy) is 1. The molecule has 2 fully saturated rings. The largest absolute Gasteiger partial charge is 0.467 e. The van der Waals surface area contributed by atoms with Crippen LogP contribution in [0.2, 0.25) is 0 Å². The minimum atomic E-state index is -0.704. The van der Waals surface area contributed by atoms with Gasteiger partial charge in [0.15, 0.2) is 0 Å². The fourth-order valence-corrected chi connectivity index (χ4v) is 6.01. The van der Waals surface area contributed by atoms with Gasteiger partial charge in [0.25, 0.3) is 0 Å². The highest BCUT2D eigenvalue weighted by Crippen LogP contribution is 2.24. The summed E-state index contributed by atoms with van der Waals surface area (Å²) in [6.45, 7) is 1.75. The summed E-state index contributed by atoms with van der Waals surface area (Å²) in [7, 11) is 1.33. The van der Waals surface area contributed by atoms with Crippen molar-refractivity contribution in [2.24, 2.45) is 0 Å². The molecule has 0 aromatic heterocycles. The topological polar surface area (TPSA) is 108 Å². The van der Waals surface area contributed by atoms with Gasteiger partial charge in [-0.3, -0.25) is 19.3 Å². The second kappa shape index (κ2) is 13.8. The van der Waals surface area contributed by atoms with Crippen molar-refractivity contribution in [1.29, 1.82) is 0 Å². The molecule has 9 nitrogen and oxygen atoms in total. The van der Waals surface area contributed by atoms with E-state index in [0.29, 0.717) is 38.9 Å². The minimum absolute atomic E-state index is 0.0410. The van der Waals surface area contributed by atoms with Crippen molar-refractivity contribution < 1.29 is 23.9 Å². The highest BCUT2D eigenvalue weighted by molar-refractivity contribution is 7.98. The molecule has 0 spiro atoms. The number of methoxy groups -OCH3 is 1. The number of rotatable bonds is 12. The van der Waals surface area contributed by atoms with Crippen molar-refractivity contribution in [2.75, 3.05) is 38.8 Å². The van der Waals surface area contributed by atoms with Gasteiger partial charge in [0, 0.05) is 32.1 Å². The summed E-state index contributed by atoms with van der Waals surface area (Å²) < 4.78 is 4.91. The smallest absolute Gasteiger partial charge is 0.328 e. The van der Waals surface area contributed by atoms with Crippen LogP contribution in [0.3, 0.4) is 0 Å². The van der Waals surface area contributed by atoms with Crippen LogP contribution in [0, 0.1) is 0 Å². The van der Waals surface area contributed by atoms with E-state index in [4.69, 9.17) is 4.74 Å². The molecular formula is C29H38N4O5S. The number of benzene rings is 2. The SMILES string of the molecule is COC(=O)[C@H](CCSC)NC(=O)CN(Cc1cccc2ccccc12)CC1CCCN1C(=O)[C@@H]1CCC(=O)N1. The van der Waals surface area contributed by atoms with Crippen LogP contribution in [0.1, 0.15) is 37.7 Å². The Labute approximate surface area is 234 Å². The third-order valence-corrected chi connectivity index (χ3v) is 8.14. The Bertz CT molecular complexity index is 1190. The maximum absolute atomic E-state index is 13.3. The van der Waals surface area contributed by atoms with Gasteiger partial charge in [-0.1, -0.05) is 42.5 Å². The second-order valence-electron chi connectivity index (χ2n) is 10.2. The molecule has 2 aromatic rings. The first-order valence-corrected chi connectivity index (χ1v) is 14.9. The van der Waals surface area contributed by atoms with Gasteiger partial charge in [0.2, 0.25) is 17.7 Å². The normalized spacial score (nSPS) is 19.8. The zero-order valence-corrected chi connectivity index (χ0v) is 23.5. The van der Waals surface area contributed by atoms with Crippen LogP contribution in [-0.4, -0.2) is 90.4 Å². The van der Waals surface area contributed by atoms with Crippen molar-refractivity contribution >= 4 is 46.2 Å². The molecule has 0 aliphatic carbocycles. The maximum Gasteiger partial charge on any atom is 0.328 e. The van der Waals surface area contributed by atoms with E-state index in [2.05, 4.69) is 39.8 Å². The lowest BCUT2D eigenvalue weighted by molar-refractivity contribution is -0.145. The summed E-state index contributed by atoms with van der Waals surface area (Å²) in [6.07, 6.45) is 5.05. The number of nitrogens with one attached hydrogen (secondary N) is 2. The van der Waals surface area contributed by atoms with E-state index < -0.39 is 18.1 Å². The molecule has 1 unspecified atom stereocenters. The monoisotopic (exact) mass is 554 g/mol. The number of thioether (sulfide) groups is 1. The molecule has 0 radical (unpaired) electrons. The predicted molar refractivity (Wildman–Crippen MR) is 152 cm³/mol. The molecule has 210 valence electrons. The van der Waals surface area contributed by atoms with Gasteiger partial charge < -0.3 is 20.3 Å². The zero-order valence-electron chi connectivity index (χ0n) is 22.7. The highest BCUT2D eigenvalue weighted by atomic mass is 32.2. The van der Waals surface area contributed by atoms with Gasteiger partial charge in [0.1, 0.15) is 12.1 Å². The molecule has 3 atom stereocenters.